The molecule has 0 atom stereocenters. The molecule has 7 heteroatoms. The maximum atomic E-state index is 12.8. The SMILES string of the molecule is O=C(O)CCc1cccc2c(C3=C(c4c[nH]c5ccccc45)C(=O)NC3=O)c[nH]c12. The van der Waals surface area contributed by atoms with Gasteiger partial charge in [0.1, 0.15) is 0 Å². The predicted molar refractivity (Wildman–Crippen MR) is 113 cm³/mol. The van der Waals surface area contributed by atoms with Gasteiger partial charge in [0.05, 0.1) is 11.1 Å². The maximum Gasteiger partial charge on any atom is 0.303 e. The highest BCUT2D eigenvalue weighted by molar-refractivity contribution is 6.50. The maximum absolute atomic E-state index is 12.8. The van der Waals surface area contributed by atoms with Crippen LogP contribution in [0, 0.1) is 0 Å². The van der Waals surface area contributed by atoms with Gasteiger partial charge in [-0.05, 0) is 18.1 Å². The quantitative estimate of drug-likeness (QED) is 0.386. The van der Waals surface area contributed by atoms with E-state index in [-0.39, 0.29) is 6.42 Å². The van der Waals surface area contributed by atoms with E-state index >= 15 is 0 Å². The van der Waals surface area contributed by atoms with E-state index in [1.807, 2.05) is 42.5 Å². The van der Waals surface area contributed by atoms with Crippen LogP contribution in [0.4, 0.5) is 0 Å². The number of H-pyrrole nitrogens is 2. The van der Waals surface area contributed by atoms with Crippen molar-refractivity contribution in [1.29, 1.82) is 0 Å². The first-order chi connectivity index (χ1) is 14.5. The second-order valence-corrected chi connectivity index (χ2v) is 7.22. The lowest BCUT2D eigenvalue weighted by Crippen LogP contribution is -2.22. The summed E-state index contributed by atoms with van der Waals surface area (Å²) in [6, 6.07) is 13.2. The van der Waals surface area contributed by atoms with Gasteiger partial charge in [0.25, 0.3) is 11.8 Å². The molecule has 5 rings (SSSR count). The Hall–Kier alpha value is -4.13. The van der Waals surface area contributed by atoms with Crippen molar-refractivity contribution in [3.05, 3.63) is 71.5 Å². The number of nitrogens with one attached hydrogen (secondary N) is 3. The summed E-state index contributed by atoms with van der Waals surface area (Å²) in [5.74, 6) is -1.75. The third-order valence-electron chi connectivity index (χ3n) is 5.47. The van der Waals surface area contributed by atoms with Crippen LogP contribution < -0.4 is 5.32 Å². The molecule has 1 aliphatic rings. The number of carboxylic acid groups (broad SMARTS) is 1. The van der Waals surface area contributed by atoms with Gasteiger partial charge in [0.15, 0.2) is 0 Å². The van der Waals surface area contributed by atoms with Crippen LogP contribution in [0.25, 0.3) is 33.0 Å². The monoisotopic (exact) mass is 399 g/mol. The van der Waals surface area contributed by atoms with Gasteiger partial charge in [-0.2, -0.15) is 0 Å². The number of rotatable bonds is 5. The standard InChI is InChI=1S/C23H17N3O4/c27-18(28)9-8-12-4-3-6-14-16(11-25-21(12)14)20-19(22(29)26-23(20)30)15-10-24-17-7-2-1-5-13(15)17/h1-7,10-11,24-25H,8-9H2,(H,27,28)(H,26,29,30). The zero-order valence-electron chi connectivity index (χ0n) is 15.8. The van der Waals surface area contributed by atoms with Crippen molar-refractivity contribution in [3.8, 4) is 0 Å². The number of amides is 2. The third-order valence-corrected chi connectivity index (χ3v) is 5.47. The Morgan fingerprint density at radius 3 is 2.27 bits per heavy atom. The van der Waals surface area contributed by atoms with Gasteiger partial charge in [-0.15, -0.1) is 0 Å². The summed E-state index contributed by atoms with van der Waals surface area (Å²) in [6.07, 6.45) is 3.82. The van der Waals surface area contributed by atoms with Crippen molar-refractivity contribution in [2.24, 2.45) is 0 Å². The highest BCUT2D eigenvalue weighted by Crippen LogP contribution is 2.38. The highest BCUT2D eigenvalue weighted by atomic mass is 16.4. The molecule has 0 fully saturated rings. The normalized spacial score (nSPS) is 14.1. The first-order valence-corrected chi connectivity index (χ1v) is 9.52. The molecule has 3 heterocycles. The van der Waals surface area contributed by atoms with Gasteiger partial charge in [-0.3, -0.25) is 19.7 Å². The Morgan fingerprint density at radius 2 is 1.50 bits per heavy atom. The van der Waals surface area contributed by atoms with E-state index < -0.39 is 17.8 Å². The summed E-state index contributed by atoms with van der Waals surface area (Å²) in [4.78, 5) is 42.8. The molecule has 0 saturated carbocycles. The van der Waals surface area contributed by atoms with E-state index in [9.17, 15) is 14.4 Å². The zero-order valence-corrected chi connectivity index (χ0v) is 15.8. The van der Waals surface area contributed by atoms with Crippen molar-refractivity contribution in [3.63, 3.8) is 0 Å². The van der Waals surface area contributed by atoms with Crippen LogP contribution in [0.2, 0.25) is 0 Å². The van der Waals surface area contributed by atoms with Crippen molar-refractivity contribution >= 4 is 50.7 Å². The molecule has 4 N–H and O–H groups in total. The minimum atomic E-state index is -0.871. The number of aliphatic carboxylic acids is 1. The summed E-state index contributed by atoms with van der Waals surface area (Å²) in [6.45, 7) is 0. The Morgan fingerprint density at radius 1 is 0.833 bits per heavy atom. The number of carbonyl (C=O) groups excluding carboxylic acids is 2. The minimum Gasteiger partial charge on any atom is -0.481 e. The van der Waals surface area contributed by atoms with E-state index in [1.54, 1.807) is 12.4 Å². The fourth-order valence-electron chi connectivity index (χ4n) is 4.12. The molecule has 1 aliphatic heterocycles. The van der Waals surface area contributed by atoms with E-state index in [4.69, 9.17) is 5.11 Å². The first-order valence-electron chi connectivity index (χ1n) is 9.52. The van der Waals surface area contributed by atoms with E-state index in [2.05, 4.69) is 15.3 Å². The molecule has 0 saturated heterocycles. The van der Waals surface area contributed by atoms with Gasteiger partial charge < -0.3 is 15.1 Å². The Balaban J connectivity index is 1.72. The van der Waals surface area contributed by atoms with Crippen molar-refractivity contribution < 1.29 is 19.5 Å². The van der Waals surface area contributed by atoms with Crippen molar-refractivity contribution in [1.82, 2.24) is 15.3 Å². The number of aryl methyl sites for hydroxylation is 1. The molecule has 7 nitrogen and oxygen atoms in total. The van der Waals surface area contributed by atoms with Gasteiger partial charge in [0, 0.05) is 51.7 Å². The summed E-state index contributed by atoms with van der Waals surface area (Å²) < 4.78 is 0. The number of aromatic amines is 2. The molecular formula is C23H17N3O4. The molecular weight excluding hydrogens is 382 g/mol. The third kappa shape index (κ3) is 2.71. The lowest BCUT2D eigenvalue weighted by molar-refractivity contribution is -0.137. The van der Waals surface area contributed by atoms with Gasteiger partial charge in [0.2, 0.25) is 0 Å². The molecule has 0 bridgehead atoms. The minimum absolute atomic E-state index is 0.00965. The molecule has 0 aliphatic carbocycles. The molecule has 2 aromatic carbocycles. The highest BCUT2D eigenvalue weighted by Gasteiger charge is 2.34. The summed E-state index contributed by atoms with van der Waals surface area (Å²) in [7, 11) is 0. The number of hydrogen-bond donors (Lipinski definition) is 4. The molecule has 0 spiro atoms. The van der Waals surface area contributed by atoms with Gasteiger partial charge in [-0.1, -0.05) is 36.4 Å². The number of imide groups is 1. The van der Waals surface area contributed by atoms with Crippen LogP contribution >= 0.6 is 0 Å². The number of carbonyl (C=O) groups is 3. The molecule has 30 heavy (non-hydrogen) atoms. The number of hydrogen-bond acceptors (Lipinski definition) is 3. The molecule has 148 valence electrons. The second-order valence-electron chi connectivity index (χ2n) is 7.22. The molecule has 4 aromatic rings. The predicted octanol–water partition coefficient (Wildman–Crippen LogP) is 3.23. The average molecular weight is 399 g/mol. The fraction of sp³-hybridized carbons (Fsp3) is 0.0870. The number of carboxylic acids is 1. The number of aromatic nitrogens is 2. The summed E-state index contributed by atoms with van der Waals surface area (Å²) in [5.41, 5.74) is 4.42. The van der Waals surface area contributed by atoms with Crippen LogP contribution in [-0.2, 0) is 20.8 Å². The lowest BCUT2D eigenvalue weighted by Gasteiger charge is -2.05. The smallest absolute Gasteiger partial charge is 0.303 e. The van der Waals surface area contributed by atoms with E-state index in [1.165, 1.54) is 0 Å². The number of para-hydroxylation sites is 2. The Bertz CT molecular complexity index is 1390. The molecule has 2 amide bonds. The zero-order chi connectivity index (χ0) is 20.8. The first kappa shape index (κ1) is 17.9. The largest absolute Gasteiger partial charge is 0.481 e. The van der Waals surface area contributed by atoms with Crippen LogP contribution in [-0.4, -0.2) is 32.9 Å². The van der Waals surface area contributed by atoms with Gasteiger partial charge in [-0.25, -0.2) is 0 Å². The average Bonchev–Trinajstić information content (AvgIpc) is 3.41. The second kappa shape index (κ2) is 6.73. The molecule has 0 radical (unpaired) electrons. The van der Waals surface area contributed by atoms with Gasteiger partial charge >= 0.3 is 5.97 Å². The van der Waals surface area contributed by atoms with Crippen LogP contribution in [0.3, 0.4) is 0 Å². The molecule has 2 aromatic heterocycles. The Labute approximate surface area is 170 Å². The summed E-state index contributed by atoms with van der Waals surface area (Å²) in [5, 5.41) is 13.1. The number of benzene rings is 2. The fourth-order valence-corrected chi connectivity index (χ4v) is 4.12. The van der Waals surface area contributed by atoms with Crippen LogP contribution in [0.1, 0.15) is 23.1 Å². The van der Waals surface area contributed by atoms with Crippen LogP contribution in [0.15, 0.2) is 54.9 Å². The van der Waals surface area contributed by atoms with Crippen molar-refractivity contribution in [2.45, 2.75) is 12.8 Å². The van der Waals surface area contributed by atoms with Crippen LogP contribution in [0.5, 0.6) is 0 Å². The van der Waals surface area contributed by atoms with E-state index in [0.717, 1.165) is 27.4 Å². The van der Waals surface area contributed by atoms with Crippen molar-refractivity contribution in [2.75, 3.05) is 0 Å². The summed E-state index contributed by atoms with van der Waals surface area (Å²) >= 11 is 0. The topological polar surface area (TPSA) is 115 Å². The lowest BCUT2D eigenvalue weighted by atomic mass is 9.95. The Kier molecular flexibility index (Phi) is 4.03. The molecule has 0 unspecified atom stereocenters. The number of fused-ring (bicyclic) bond motifs is 2. The van der Waals surface area contributed by atoms with E-state index in [0.29, 0.717) is 28.7 Å².